The molecule has 0 radical (unpaired) electrons. The number of hydrazone groups is 1. The average Bonchev–Trinajstić information content (AvgIpc) is 2.41. The summed E-state index contributed by atoms with van der Waals surface area (Å²) in [4.78, 5) is 20.7. The summed E-state index contributed by atoms with van der Waals surface area (Å²) in [5.74, 6) is 0.0347. The van der Waals surface area contributed by atoms with E-state index in [2.05, 4.69) is 26.4 Å². The molecule has 0 spiro atoms. The quantitative estimate of drug-likeness (QED) is 0.271. The van der Waals surface area contributed by atoms with Gasteiger partial charge in [-0.25, -0.2) is 14.9 Å². The molecule has 0 aromatic carbocycles. The van der Waals surface area contributed by atoms with Gasteiger partial charge in [0.2, 0.25) is 0 Å². The number of carbonyl (C=O) groups excluding carboxylic acids is 1. The molecule has 2 saturated heterocycles. The average molecular weight is 186 g/mol. The number of nitrogens with one attached hydrogen (secondary N) is 4. The number of fused-ring (bicyclic) bond motifs is 1. The van der Waals surface area contributed by atoms with Gasteiger partial charge in [0.25, 0.3) is 5.96 Å². The Morgan fingerprint density at radius 1 is 1.23 bits per heavy atom. The molecule has 2 aliphatic heterocycles. The molecule has 2 atom stereocenters. The predicted molar refractivity (Wildman–Crippen MR) is 39.9 cm³/mol. The summed E-state index contributed by atoms with van der Waals surface area (Å²) >= 11 is 0. The van der Waals surface area contributed by atoms with Crippen LogP contribution in [0.15, 0.2) is 5.10 Å². The normalized spacial score (nSPS) is 29.5. The molecule has 0 bridgehead atoms. The monoisotopic (exact) mass is 186 g/mol. The second kappa shape index (κ2) is 2.47. The van der Waals surface area contributed by atoms with Crippen LogP contribution in [0, 0.1) is 10.1 Å². The van der Waals surface area contributed by atoms with Crippen LogP contribution in [-0.4, -0.2) is 29.4 Å². The van der Waals surface area contributed by atoms with Crippen LogP contribution in [0.5, 0.6) is 0 Å². The SMILES string of the molecule is O=C1N[C@@H]2NC(=N[N+](=O)[O-])N[C@H]2N1. The molecule has 2 amide bonds. The largest absolute Gasteiger partial charge is 0.327 e. The van der Waals surface area contributed by atoms with Gasteiger partial charge in [-0.15, -0.1) is 0 Å². The third-order valence-corrected chi connectivity index (χ3v) is 1.67. The number of nitrogens with zero attached hydrogens (tertiary/aromatic N) is 2. The minimum Gasteiger partial charge on any atom is -0.327 e. The molecule has 0 saturated carbocycles. The lowest BCUT2D eigenvalue weighted by molar-refractivity contribution is -0.485. The van der Waals surface area contributed by atoms with Gasteiger partial charge in [0.05, 0.1) is 0 Å². The molecule has 0 aromatic rings. The molecule has 13 heavy (non-hydrogen) atoms. The van der Waals surface area contributed by atoms with E-state index >= 15 is 0 Å². The zero-order valence-electron chi connectivity index (χ0n) is 6.27. The fourth-order valence-electron chi connectivity index (χ4n) is 1.21. The van der Waals surface area contributed by atoms with Crippen molar-refractivity contribution in [1.29, 1.82) is 0 Å². The molecule has 2 rings (SSSR count). The molecule has 4 N–H and O–H groups in total. The fourth-order valence-corrected chi connectivity index (χ4v) is 1.21. The molecular formula is C4H6N6O3. The highest BCUT2D eigenvalue weighted by molar-refractivity contribution is 5.87. The first kappa shape index (κ1) is 7.58. The van der Waals surface area contributed by atoms with Crippen molar-refractivity contribution in [3.63, 3.8) is 0 Å². The lowest BCUT2D eigenvalue weighted by Crippen LogP contribution is -2.39. The number of amides is 2. The summed E-state index contributed by atoms with van der Waals surface area (Å²) in [6.07, 6.45) is -0.766. The van der Waals surface area contributed by atoms with E-state index in [1.54, 1.807) is 0 Å². The van der Waals surface area contributed by atoms with E-state index in [-0.39, 0.29) is 24.3 Å². The van der Waals surface area contributed by atoms with Crippen LogP contribution in [0.25, 0.3) is 0 Å². The van der Waals surface area contributed by atoms with Gasteiger partial charge in [-0.05, 0) is 0 Å². The van der Waals surface area contributed by atoms with Crippen molar-refractivity contribution in [3.05, 3.63) is 10.1 Å². The number of guanidine groups is 1. The number of urea groups is 1. The van der Waals surface area contributed by atoms with Gasteiger partial charge in [-0.2, -0.15) is 0 Å². The van der Waals surface area contributed by atoms with Crippen LogP contribution in [0.3, 0.4) is 0 Å². The number of rotatable bonds is 1. The van der Waals surface area contributed by atoms with Crippen molar-refractivity contribution in [2.24, 2.45) is 5.10 Å². The maximum Gasteiger partial charge on any atom is 0.318 e. The van der Waals surface area contributed by atoms with Crippen LogP contribution >= 0.6 is 0 Å². The van der Waals surface area contributed by atoms with Crippen molar-refractivity contribution < 1.29 is 9.83 Å². The van der Waals surface area contributed by atoms with E-state index in [1.165, 1.54) is 0 Å². The summed E-state index contributed by atoms with van der Waals surface area (Å²) in [5.41, 5.74) is 0. The lowest BCUT2D eigenvalue weighted by atomic mass is 10.4. The topological polar surface area (TPSA) is 121 Å². The highest BCUT2D eigenvalue weighted by Crippen LogP contribution is 2.01. The van der Waals surface area contributed by atoms with E-state index in [0.717, 1.165) is 0 Å². The van der Waals surface area contributed by atoms with Crippen molar-refractivity contribution in [3.8, 4) is 0 Å². The second-order valence-electron chi connectivity index (χ2n) is 2.55. The molecular weight excluding hydrogens is 180 g/mol. The summed E-state index contributed by atoms with van der Waals surface area (Å²) < 4.78 is 0. The Morgan fingerprint density at radius 3 is 2.23 bits per heavy atom. The molecule has 9 heteroatoms. The number of nitro groups is 1. The Hall–Kier alpha value is -2.06. The molecule has 0 aliphatic carbocycles. The van der Waals surface area contributed by atoms with E-state index in [1.807, 2.05) is 0 Å². The van der Waals surface area contributed by atoms with E-state index < -0.39 is 5.03 Å². The Bertz CT molecular complexity index is 282. The number of hydrogen-bond donors (Lipinski definition) is 4. The van der Waals surface area contributed by atoms with Crippen molar-refractivity contribution in [2.75, 3.05) is 0 Å². The first-order chi connectivity index (χ1) is 6.15. The Kier molecular flexibility index (Phi) is 1.44. The van der Waals surface area contributed by atoms with Gasteiger partial charge in [-0.3, -0.25) is 0 Å². The molecule has 70 valence electrons. The van der Waals surface area contributed by atoms with Gasteiger partial charge in [0, 0.05) is 0 Å². The Labute approximate surface area is 71.7 Å². The van der Waals surface area contributed by atoms with E-state index in [0.29, 0.717) is 0 Å². The molecule has 9 nitrogen and oxygen atoms in total. The smallest absolute Gasteiger partial charge is 0.318 e. The van der Waals surface area contributed by atoms with Gasteiger partial charge in [0.15, 0.2) is 5.03 Å². The van der Waals surface area contributed by atoms with Crippen molar-refractivity contribution in [2.45, 2.75) is 12.3 Å². The highest BCUT2D eigenvalue weighted by Gasteiger charge is 2.39. The highest BCUT2D eigenvalue weighted by atomic mass is 16.7. The molecule has 2 heterocycles. The molecule has 0 aromatic heterocycles. The zero-order chi connectivity index (χ0) is 9.42. The number of hydrogen-bond acceptors (Lipinski definition) is 3. The molecule has 2 fully saturated rings. The molecule has 2 aliphatic rings. The minimum atomic E-state index is -0.821. The van der Waals surface area contributed by atoms with Gasteiger partial charge < -0.3 is 21.3 Å². The van der Waals surface area contributed by atoms with Gasteiger partial charge >= 0.3 is 6.03 Å². The first-order valence-corrected chi connectivity index (χ1v) is 3.48. The van der Waals surface area contributed by atoms with Crippen LogP contribution in [-0.2, 0) is 0 Å². The number of carbonyl (C=O) groups is 1. The predicted octanol–water partition coefficient (Wildman–Crippen LogP) is -2.31. The summed E-state index contributed by atoms with van der Waals surface area (Å²) in [5, 5.41) is 22.4. The lowest BCUT2D eigenvalue weighted by Gasteiger charge is -2.03. The standard InChI is InChI=1S/C4H6N6O3/c11-4-7-1-2(8-4)6-3(5-1)9-10(12)13/h1-2H,(H2,5,6,9)(H2,7,8,11)/t1-,2-/m0/s1. The first-order valence-electron chi connectivity index (χ1n) is 3.48. The van der Waals surface area contributed by atoms with E-state index in [9.17, 15) is 14.9 Å². The van der Waals surface area contributed by atoms with Crippen LogP contribution in [0.4, 0.5) is 4.79 Å². The minimum absolute atomic E-state index is 0.0347. The maximum atomic E-state index is 10.7. The van der Waals surface area contributed by atoms with Gasteiger partial charge in [0.1, 0.15) is 17.4 Å². The summed E-state index contributed by atoms with van der Waals surface area (Å²) in [6.45, 7) is 0. The molecule has 0 unspecified atom stereocenters. The fraction of sp³-hybridized carbons (Fsp3) is 0.500. The third kappa shape index (κ3) is 1.30. The van der Waals surface area contributed by atoms with Crippen LogP contribution in [0.1, 0.15) is 0 Å². The summed E-state index contributed by atoms with van der Waals surface area (Å²) in [6, 6.07) is -0.324. The van der Waals surface area contributed by atoms with E-state index in [4.69, 9.17) is 0 Å². The second-order valence-corrected chi connectivity index (χ2v) is 2.55. The van der Waals surface area contributed by atoms with Gasteiger partial charge in [-0.1, -0.05) is 0 Å². The Balaban J connectivity index is 2.05. The van der Waals surface area contributed by atoms with Crippen molar-refractivity contribution in [1.82, 2.24) is 21.3 Å². The van der Waals surface area contributed by atoms with Crippen molar-refractivity contribution >= 4 is 12.0 Å². The zero-order valence-corrected chi connectivity index (χ0v) is 6.27. The summed E-state index contributed by atoms with van der Waals surface area (Å²) in [7, 11) is 0. The Morgan fingerprint density at radius 2 is 1.77 bits per heavy atom. The third-order valence-electron chi connectivity index (χ3n) is 1.67. The van der Waals surface area contributed by atoms with Crippen LogP contribution in [0.2, 0.25) is 0 Å². The maximum absolute atomic E-state index is 10.7. The van der Waals surface area contributed by atoms with Crippen LogP contribution < -0.4 is 21.3 Å².